The third kappa shape index (κ3) is 2.05. The van der Waals surface area contributed by atoms with Gasteiger partial charge in [-0.1, -0.05) is 13.8 Å². The average Bonchev–Trinajstić information content (AvgIpc) is 3.31. The first-order chi connectivity index (χ1) is 12.4. The molecule has 0 amide bonds. The van der Waals surface area contributed by atoms with Crippen LogP contribution in [0, 0.1) is 34.5 Å². The van der Waals surface area contributed by atoms with Crippen molar-refractivity contribution in [1.82, 2.24) is 0 Å². The van der Waals surface area contributed by atoms with Crippen molar-refractivity contribution in [2.75, 3.05) is 19.8 Å². The first kappa shape index (κ1) is 17.4. The molecule has 2 bridgehead atoms. The minimum atomic E-state index is -0.444. The number of carbonyl (C=O) groups excluding carboxylic acids is 1. The lowest BCUT2D eigenvalue weighted by Crippen LogP contribution is -2.55. The molecular formula is C21H32O5. The van der Waals surface area contributed by atoms with Crippen molar-refractivity contribution in [3.05, 3.63) is 0 Å². The van der Waals surface area contributed by atoms with E-state index in [0.29, 0.717) is 25.0 Å². The zero-order chi connectivity index (χ0) is 18.2. The summed E-state index contributed by atoms with van der Waals surface area (Å²) >= 11 is 0. The summed E-state index contributed by atoms with van der Waals surface area (Å²) < 4.78 is 17.9. The lowest BCUT2D eigenvalue weighted by atomic mass is 9.49. The molecule has 0 unspecified atom stereocenters. The molecule has 0 aromatic heterocycles. The van der Waals surface area contributed by atoms with Crippen LogP contribution < -0.4 is 0 Å². The molecule has 146 valence electrons. The number of hydrogen-bond acceptors (Lipinski definition) is 5. The molecular weight excluding hydrogens is 332 g/mol. The molecule has 5 heteroatoms. The molecule has 2 heterocycles. The second-order valence-corrected chi connectivity index (χ2v) is 9.90. The largest absolute Gasteiger partial charge is 0.462 e. The van der Waals surface area contributed by atoms with Gasteiger partial charge in [0, 0.05) is 18.4 Å². The van der Waals surface area contributed by atoms with Crippen LogP contribution in [-0.2, 0) is 19.0 Å². The van der Waals surface area contributed by atoms with E-state index < -0.39 is 5.79 Å². The summed E-state index contributed by atoms with van der Waals surface area (Å²) in [4.78, 5) is 12.5. The fourth-order valence-corrected chi connectivity index (χ4v) is 7.71. The van der Waals surface area contributed by atoms with E-state index in [1.165, 1.54) is 0 Å². The van der Waals surface area contributed by atoms with Gasteiger partial charge in [0.1, 0.15) is 6.10 Å². The Hall–Kier alpha value is -0.650. The Kier molecular flexibility index (Phi) is 3.81. The number of fused-ring (bicyclic) bond motifs is 4. The highest BCUT2D eigenvalue weighted by Gasteiger charge is 2.67. The Labute approximate surface area is 155 Å². The van der Waals surface area contributed by atoms with Gasteiger partial charge >= 0.3 is 5.97 Å². The number of aliphatic hydroxyl groups is 1. The minimum absolute atomic E-state index is 0.00498. The fourth-order valence-electron chi connectivity index (χ4n) is 7.71. The molecule has 0 radical (unpaired) electrons. The second kappa shape index (κ2) is 5.68. The number of hydrogen-bond donors (Lipinski definition) is 1. The smallest absolute Gasteiger partial charge is 0.309 e. The van der Waals surface area contributed by atoms with Gasteiger partial charge in [0.2, 0.25) is 0 Å². The van der Waals surface area contributed by atoms with E-state index in [-0.39, 0.29) is 41.3 Å². The molecule has 2 aliphatic heterocycles. The van der Waals surface area contributed by atoms with Crippen molar-refractivity contribution in [2.24, 2.45) is 34.5 Å². The predicted molar refractivity (Wildman–Crippen MR) is 94.1 cm³/mol. The lowest BCUT2D eigenvalue weighted by Gasteiger charge is -2.56. The van der Waals surface area contributed by atoms with Crippen LogP contribution >= 0.6 is 0 Å². The minimum Gasteiger partial charge on any atom is -0.462 e. The molecule has 1 spiro atoms. The van der Waals surface area contributed by atoms with E-state index >= 15 is 0 Å². The standard InChI is InChI=1S/C21H32O5/c1-19(6-3-13-11-17(19)18(23)26-13)15-4-7-20(2)16(14(15)12-22)5-8-21(20)24-9-10-25-21/h13-17,22H,3-12H2,1-2H3/t13-,14+,15-,16-,17+,19+,20-/m0/s1. The van der Waals surface area contributed by atoms with Crippen molar-refractivity contribution in [3.63, 3.8) is 0 Å². The van der Waals surface area contributed by atoms with Crippen LogP contribution in [0.15, 0.2) is 0 Å². The zero-order valence-corrected chi connectivity index (χ0v) is 16.0. The van der Waals surface area contributed by atoms with Crippen LogP contribution in [0.5, 0.6) is 0 Å². The normalized spacial score (nSPS) is 52.3. The first-order valence-corrected chi connectivity index (χ1v) is 10.5. The van der Waals surface area contributed by atoms with E-state index in [1.807, 2.05) is 0 Å². The Morgan fingerprint density at radius 3 is 2.50 bits per heavy atom. The summed E-state index contributed by atoms with van der Waals surface area (Å²) in [5.41, 5.74) is -0.0803. The summed E-state index contributed by atoms with van der Waals surface area (Å²) in [6.45, 7) is 6.18. The quantitative estimate of drug-likeness (QED) is 0.763. The van der Waals surface area contributed by atoms with Gasteiger partial charge in [-0.15, -0.1) is 0 Å². The van der Waals surface area contributed by atoms with Crippen LogP contribution in [0.25, 0.3) is 0 Å². The van der Waals surface area contributed by atoms with Gasteiger partial charge in [0.05, 0.1) is 19.1 Å². The highest BCUT2D eigenvalue weighted by molar-refractivity contribution is 5.76. The number of esters is 1. The Morgan fingerprint density at radius 1 is 1.04 bits per heavy atom. The molecule has 2 saturated heterocycles. The summed E-state index contributed by atoms with van der Waals surface area (Å²) in [5, 5.41) is 10.4. The Balaban J connectivity index is 1.47. The van der Waals surface area contributed by atoms with Crippen molar-refractivity contribution in [1.29, 1.82) is 0 Å². The zero-order valence-electron chi connectivity index (χ0n) is 16.0. The van der Waals surface area contributed by atoms with Crippen molar-refractivity contribution in [3.8, 4) is 0 Å². The van der Waals surface area contributed by atoms with E-state index in [9.17, 15) is 9.90 Å². The van der Waals surface area contributed by atoms with Gasteiger partial charge in [-0.2, -0.15) is 0 Å². The van der Waals surface area contributed by atoms with Crippen LogP contribution in [-0.4, -0.2) is 42.8 Å². The van der Waals surface area contributed by atoms with Gasteiger partial charge in [0.15, 0.2) is 5.79 Å². The molecule has 0 aromatic carbocycles. The van der Waals surface area contributed by atoms with E-state index in [2.05, 4.69) is 13.8 Å². The molecule has 3 aliphatic carbocycles. The maximum atomic E-state index is 12.5. The number of aliphatic hydroxyl groups excluding tert-OH is 1. The molecule has 0 aromatic rings. The summed E-state index contributed by atoms with van der Waals surface area (Å²) in [6.07, 6.45) is 7.10. The highest BCUT2D eigenvalue weighted by Crippen LogP contribution is 2.67. The summed E-state index contributed by atoms with van der Waals surface area (Å²) in [7, 11) is 0. The number of carbonyl (C=O) groups is 1. The van der Waals surface area contributed by atoms with Crippen molar-refractivity contribution >= 4 is 5.97 Å². The second-order valence-electron chi connectivity index (χ2n) is 9.90. The maximum Gasteiger partial charge on any atom is 0.309 e. The SMILES string of the molecule is C[C@]1([C@H]2CC[C@@]3(C)[C@@H](CCC34OCCO4)[C@@H]2CO)CC[C@H]2C[C@@H]1C(=O)O2. The van der Waals surface area contributed by atoms with Gasteiger partial charge < -0.3 is 19.3 Å². The van der Waals surface area contributed by atoms with E-state index in [4.69, 9.17) is 14.2 Å². The molecule has 5 fully saturated rings. The molecule has 3 saturated carbocycles. The summed E-state index contributed by atoms with van der Waals surface area (Å²) in [5.74, 6) is 0.566. The predicted octanol–water partition coefficient (Wildman–Crippen LogP) is 2.90. The van der Waals surface area contributed by atoms with Crippen LogP contribution in [0.2, 0.25) is 0 Å². The average molecular weight is 364 g/mol. The topological polar surface area (TPSA) is 65.0 Å². The van der Waals surface area contributed by atoms with Crippen LogP contribution in [0.4, 0.5) is 0 Å². The first-order valence-electron chi connectivity index (χ1n) is 10.5. The molecule has 5 nitrogen and oxygen atoms in total. The molecule has 5 aliphatic rings. The molecule has 1 N–H and O–H groups in total. The highest BCUT2D eigenvalue weighted by atomic mass is 16.7. The van der Waals surface area contributed by atoms with Gasteiger partial charge in [0.25, 0.3) is 0 Å². The lowest BCUT2D eigenvalue weighted by molar-refractivity contribution is -0.244. The van der Waals surface area contributed by atoms with Crippen LogP contribution in [0.1, 0.15) is 58.8 Å². The van der Waals surface area contributed by atoms with Crippen molar-refractivity contribution in [2.45, 2.75) is 70.7 Å². The van der Waals surface area contributed by atoms with Crippen LogP contribution in [0.3, 0.4) is 0 Å². The molecule has 26 heavy (non-hydrogen) atoms. The van der Waals surface area contributed by atoms with Gasteiger partial charge in [-0.25, -0.2) is 0 Å². The van der Waals surface area contributed by atoms with E-state index in [1.54, 1.807) is 0 Å². The number of ether oxygens (including phenoxy) is 3. The van der Waals surface area contributed by atoms with Gasteiger partial charge in [-0.05, 0) is 61.7 Å². The third-order valence-electron chi connectivity index (χ3n) is 9.16. The molecule has 5 rings (SSSR count). The summed E-state index contributed by atoms with van der Waals surface area (Å²) in [6, 6.07) is 0. The van der Waals surface area contributed by atoms with E-state index in [0.717, 1.165) is 44.9 Å². The Bertz CT molecular complexity index is 599. The third-order valence-corrected chi connectivity index (χ3v) is 9.16. The van der Waals surface area contributed by atoms with Gasteiger partial charge in [-0.3, -0.25) is 4.79 Å². The molecule has 7 atom stereocenters. The monoisotopic (exact) mass is 364 g/mol. The maximum absolute atomic E-state index is 12.5. The van der Waals surface area contributed by atoms with Crippen molar-refractivity contribution < 1.29 is 24.1 Å². The fraction of sp³-hybridized carbons (Fsp3) is 0.952. The Morgan fingerprint density at radius 2 is 1.77 bits per heavy atom. The number of rotatable bonds is 2.